The van der Waals surface area contributed by atoms with Crippen LogP contribution in [-0.2, 0) is 25.4 Å². The minimum atomic E-state index is 0.107. The highest BCUT2D eigenvalue weighted by Gasteiger charge is 2.47. The molecule has 3 fully saturated rings. The summed E-state index contributed by atoms with van der Waals surface area (Å²) >= 11 is 0. The van der Waals surface area contributed by atoms with Gasteiger partial charge in [-0.2, -0.15) is 0 Å². The summed E-state index contributed by atoms with van der Waals surface area (Å²) in [7, 11) is 0. The third-order valence-corrected chi connectivity index (χ3v) is 5.75. The zero-order valence-electron chi connectivity index (χ0n) is 14.6. The predicted molar refractivity (Wildman–Crippen MR) is 93.2 cm³/mol. The summed E-state index contributed by atoms with van der Waals surface area (Å²) in [6.07, 6.45) is 2.72. The highest BCUT2D eigenvalue weighted by molar-refractivity contribution is 5.79. The SMILES string of the molecule is O=C(Cc1ccccc1)N1C[C@@H](OCC2CCOCC2)[C@@H]2COC[C@@H]21. The van der Waals surface area contributed by atoms with Gasteiger partial charge in [-0.3, -0.25) is 4.79 Å². The van der Waals surface area contributed by atoms with Crippen molar-refractivity contribution in [2.24, 2.45) is 11.8 Å². The second-order valence-corrected chi connectivity index (χ2v) is 7.40. The van der Waals surface area contributed by atoms with Crippen LogP contribution in [0, 0.1) is 11.8 Å². The highest BCUT2D eigenvalue weighted by atomic mass is 16.5. The Labute approximate surface area is 149 Å². The summed E-state index contributed by atoms with van der Waals surface area (Å²) in [4.78, 5) is 14.8. The lowest BCUT2D eigenvalue weighted by atomic mass is 10.00. The Morgan fingerprint density at radius 2 is 1.92 bits per heavy atom. The summed E-state index contributed by atoms with van der Waals surface area (Å²) in [6, 6.07) is 10.1. The van der Waals surface area contributed by atoms with Gasteiger partial charge in [0.1, 0.15) is 0 Å². The van der Waals surface area contributed by atoms with Crippen molar-refractivity contribution < 1.29 is 19.0 Å². The minimum Gasteiger partial charge on any atom is -0.381 e. The van der Waals surface area contributed by atoms with Crippen LogP contribution < -0.4 is 0 Å². The number of nitrogens with zero attached hydrogens (tertiary/aromatic N) is 1. The smallest absolute Gasteiger partial charge is 0.227 e. The minimum absolute atomic E-state index is 0.107. The first-order chi connectivity index (χ1) is 12.3. The topological polar surface area (TPSA) is 48.0 Å². The second kappa shape index (κ2) is 7.85. The molecular formula is C20H27NO4. The maximum atomic E-state index is 12.8. The highest BCUT2D eigenvalue weighted by Crippen LogP contribution is 2.33. The van der Waals surface area contributed by atoms with E-state index in [1.165, 1.54) is 0 Å². The number of carbonyl (C=O) groups is 1. The first-order valence-electron chi connectivity index (χ1n) is 9.42. The Bertz CT molecular complexity index is 572. The fourth-order valence-corrected chi connectivity index (χ4v) is 4.21. The van der Waals surface area contributed by atoms with Crippen LogP contribution in [0.3, 0.4) is 0 Å². The zero-order valence-corrected chi connectivity index (χ0v) is 14.6. The number of carbonyl (C=O) groups excluding carboxylic acids is 1. The molecule has 0 N–H and O–H groups in total. The number of ether oxygens (including phenoxy) is 3. The van der Waals surface area contributed by atoms with Gasteiger partial charge in [-0.05, 0) is 24.3 Å². The molecule has 5 nitrogen and oxygen atoms in total. The van der Waals surface area contributed by atoms with E-state index in [0.717, 1.165) is 38.2 Å². The van der Waals surface area contributed by atoms with E-state index in [-0.39, 0.29) is 18.1 Å². The van der Waals surface area contributed by atoms with Crippen LogP contribution in [0.5, 0.6) is 0 Å². The summed E-state index contributed by atoms with van der Waals surface area (Å²) in [6.45, 7) is 4.51. The van der Waals surface area contributed by atoms with Gasteiger partial charge in [-0.1, -0.05) is 30.3 Å². The Hall–Kier alpha value is -1.43. The first kappa shape index (κ1) is 17.0. The molecule has 4 rings (SSSR count). The lowest BCUT2D eigenvalue weighted by molar-refractivity contribution is -0.132. The number of amides is 1. The van der Waals surface area contributed by atoms with Crippen LogP contribution in [0.1, 0.15) is 18.4 Å². The lowest BCUT2D eigenvalue weighted by Gasteiger charge is -2.25. The lowest BCUT2D eigenvalue weighted by Crippen LogP contribution is -2.39. The second-order valence-electron chi connectivity index (χ2n) is 7.40. The van der Waals surface area contributed by atoms with Gasteiger partial charge in [0.2, 0.25) is 5.91 Å². The van der Waals surface area contributed by atoms with Gasteiger partial charge in [0.25, 0.3) is 0 Å². The Morgan fingerprint density at radius 3 is 2.72 bits per heavy atom. The van der Waals surface area contributed by atoms with Gasteiger partial charge in [0, 0.05) is 25.7 Å². The van der Waals surface area contributed by atoms with Crippen molar-refractivity contribution in [3.8, 4) is 0 Å². The summed E-state index contributed by atoms with van der Waals surface area (Å²) in [5.74, 6) is 1.09. The molecule has 0 radical (unpaired) electrons. The van der Waals surface area contributed by atoms with Crippen LogP contribution in [0.25, 0.3) is 0 Å². The average Bonchev–Trinajstić information content (AvgIpc) is 3.24. The van der Waals surface area contributed by atoms with Gasteiger partial charge < -0.3 is 19.1 Å². The third kappa shape index (κ3) is 3.89. The van der Waals surface area contributed by atoms with Crippen LogP contribution in [-0.4, -0.2) is 62.5 Å². The first-order valence-corrected chi connectivity index (χ1v) is 9.42. The summed E-state index contributed by atoms with van der Waals surface area (Å²) in [5, 5.41) is 0. The molecule has 0 aromatic heterocycles. The molecule has 1 aromatic rings. The predicted octanol–water partition coefficient (Wildman–Crippen LogP) is 1.90. The molecule has 0 spiro atoms. The van der Waals surface area contributed by atoms with Crippen molar-refractivity contribution >= 4 is 5.91 Å². The van der Waals surface area contributed by atoms with Crippen molar-refractivity contribution in [2.75, 3.05) is 39.6 Å². The van der Waals surface area contributed by atoms with Gasteiger partial charge in [-0.25, -0.2) is 0 Å². The normalized spacial score (nSPS) is 29.8. The molecule has 0 bridgehead atoms. The zero-order chi connectivity index (χ0) is 17.1. The van der Waals surface area contributed by atoms with E-state index in [9.17, 15) is 4.79 Å². The Balaban J connectivity index is 1.35. The van der Waals surface area contributed by atoms with Crippen molar-refractivity contribution in [1.29, 1.82) is 0 Å². The van der Waals surface area contributed by atoms with Crippen molar-refractivity contribution in [1.82, 2.24) is 4.90 Å². The monoisotopic (exact) mass is 345 g/mol. The quantitative estimate of drug-likeness (QED) is 0.818. The van der Waals surface area contributed by atoms with E-state index in [4.69, 9.17) is 14.2 Å². The van der Waals surface area contributed by atoms with Crippen LogP contribution in [0.2, 0.25) is 0 Å². The van der Waals surface area contributed by atoms with Gasteiger partial charge in [0.15, 0.2) is 0 Å². The molecule has 3 aliphatic rings. The van der Waals surface area contributed by atoms with Gasteiger partial charge in [-0.15, -0.1) is 0 Å². The van der Waals surface area contributed by atoms with Crippen LogP contribution in [0.15, 0.2) is 30.3 Å². The molecule has 3 saturated heterocycles. The van der Waals surface area contributed by atoms with Gasteiger partial charge in [0.05, 0.1) is 38.4 Å². The molecule has 3 aliphatic heterocycles. The molecule has 1 aromatic carbocycles. The van der Waals surface area contributed by atoms with E-state index in [1.807, 2.05) is 35.2 Å². The number of benzene rings is 1. The molecule has 3 atom stereocenters. The van der Waals surface area contributed by atoms with E-state index in [1.54, 1.807) is 0 Å². The number of hydrogen-bond acceptors (Lipinski definition) is 4. The largest absolute Gasteiger partial charge is 0.381 e. The fraction of sp³-hybridized carbons (Fsp3) is 0.650. The maximum absolute atomic E-state index is 12.8. The van der Waals surface area contributed by atoms with E-state index in [2.05, 4.69) is 0 Å². The van der Waals surface area contributed by atoms with E-state index >= 15 is 0 Å². The Morgan fingerprint density at radius 1 is 1.12 bits per heavy atom. The molecule has 5 heteroatoms. The molecule has 3 heterocycles. The Kier molecular flexibility index (Phi) is 5.34. The molecule has 0 unspecified atom stereocenters. The van der Waals surface area contributed by atoms with Gasteiger partial charge >= 0.3 is 0 Å². The average molecular weight is 345 g/mol. The van der Waals surface area contributed by atoms with Crippen molar-refractivity contribution in [3.63, 3.8) is 0 Å². The van der Waals surface area contributed by atoms with Crippen molar-refractivity contribution in [3.05, 3.63) is 35.9 Å². The third-order valence-electron chi connectivity index (χ3n) is 5.75. The number of hydrogen-bond donors (Lipinski definition) is 0. The van der Waals surface area contributed by atoms with Crippen LogP contribution >= 0.6 is 0 Å². The molecule has 136 valence electrons. The molecule has 0 aliphatic carbocycles. The standard InChI is InChI=1S/C20H27NO4/c22-20(10-15-4-2-1-3-5-15)21-11-19(17-13-24-14-18(17)21)25-12-16-6-8-23-9-7-16/h1-5,16-19H,6-14H2/t17-,18+,19-/m1/s1. The maximum Gasteiger partial charge on any atom is 0.227 e. The fourth-order valence-electron chi connectivity index (χ4n) is 4.21. The summed E-state index contributed by atoms with van der Waals surface area (Å²) in [5.41, 5.74) is 1.06. The number of likely N-dealkylation sites (tertiary alicyclic amines) is 1. The number of rotatable bonds is 5. The van der Waals surface area contributed by atoms with E-state index < -0.39 is 0 Å². The number of fused-ring (bicyclic) bond motifs is 1. The molecule has 0 saturated carbocycles. The van der Waals surface area contributed by atoms with E-state index in [0.29, 0.717) is 38.0 Å². The molecular weight excluding hydrogens is 318 g/mol. The summed E-state index contributed by atoms with van der Waals surface area (Å²) < 4.78 is 17.3. The molecule has 1 amide bonds. The molecule has 25 heavy (non-hydrogen) atoms. The van der Waals surface area contributed by atoms with Crippen molar-refractivity contribution in [2.45, 2.75) is 31.4 Å². The van der Waals surface area contributed by atoms with Crippen LogP contribution in [0.4, 0.5) is 0 Å².